The summed E-state index contributed by atoms with van der Waals surface area (Å²) in [4.78, 5) is 11.9. The molecule has 0 saturated heterocycles. The Morgan fingerprint density at radius 3 is 2.46 bits per heavy atom. The molecule has 0 aliphatic rings. The zero-order chi connectivity index (χ0) is 18.6. The lowest BCUT2D eigenvalue weighted by Gasteiger charge is -2.05. The number of carbonyl (C=O) groups is 1. The van der Waals surface area contributed by atoms with Crippen LogP contribution < -0.4 is 10.1 Å². The van der Waals surface area contributed by atoms with Gasteiger partial charge in [-0.3, -0.25) is 4.79 Å². The predicted octanol–water partition coefficient (Wildman–Crippen LogP) is 3.46. The molecule has 5 heteroatoms. The molecule has 134 valence electrons. The van der Waals surface area contributed by atoms with E-state index in [0.29, 0.717) is 25.5 Å². The largest absolute Gasteiger partial charge is 0.479 e. The SMILES string of the molecule is CCOCc1ccc(CNC(=O)/C=C/c2ccc(OCC#N)cc2)cc1. The van der Waals surface area contributed by atoms with Crippen molar-refractivity contribution in [3.8, 4) is 11.8 Å². The van der Waals surface area contributed by atoms with Crippen LogP contribution in [0.15, 0.2) is 54.6 Å². The van der Waals surface area contributed by atoms with Crippen LogP contribution in [0.2, 0.25) is 0 Å². The Balaban J connectivity index is 1.79. The van der Waals surface area contributed by atoms with Crippen LogP contribution in [0.4, 0.5) is 0 Å². The number of hydrogen-bond donors (Lipinski definition) is 1. The van der Waals surface area contributed by atoms with E-state index >= 15 is 0 Å². The molecule has 2 aromatic carbocycles. The molecule has 26 heavy (non-hydrogen) atoms. The molecule has 0 aliphatic carbocycles. The van der Waals surface area contributed by atoms with Gasteiger partial charge in [-0.05, 0) is 41.8 Å². The van der Waals surface area contributed by atoms with E-state index in [1.54, 1.807) is 18.2 Å². The third kappa shape index (κ3) is 6.80. The van der Waals surface area contributed by atoms with Gasteiger partial charge in [0.1, 0.15) is 11.8 Å². The predicted molar refractivity (Wildman–Crippen MR) is 100 cm³/mol. The van der Waals surface area contributed by atoms with Gasteiger partial charge in [-0.2, -0.15) is 5.26 Å². The van der Waals surface area contributed by atoms with E-state index in [9.17, 15) is 4.79 Å². The van der Waals surface area contributed by atoms with E-state index < -0.39 is 0 Å². The van der Waals surface area contributed by atoms with E-state index in [1.165, 1.54) is 6.08 Å². The molecule has 0 aliphatic heterocycles. The Hall–Kier alpha value is -3.10. The summed E-state index contributed by atoms with van der Waals surface area (Å²) in [5, 5.41) is 11.3. The third-order valence-electron chi connectivity index (χ3n) is 3.57. The second-order valence-electron chi connectivity index (χ2n) is 5.52. The fourth-order valence-electron chi connectivity index (χ4n) is 2.18. The van der Waals surface area contributed by atoms with Crippen LogP contribution in [-0.4, -0.2) is 19.1 Å². The number of benzene rings is 2. The molecule has 2 rings (SSSR count). The molecule has 0 atom stereocenters. The Kier molecular flexibility index (Phi) is 7.91. The lowest BCUT2D eigenvalue weighted by molar-refractivity contribution is -0.116. The number of carbonyl (C=O) groups excluding carboxylic acids is 1. The molecule has 1 N–H and O–H groups in total. The fourth-order valence-corrected chi connectivity index (χ4v) is 2.18. The van der Waals surface area contributed by atoms with Gasteiger partial charge in [-0.15, -0.1) is 0 Å². The van der Waals surface area contributed by atoms with Gasteiger partial charge in [0, 0.05) is 19.2 Å². The monoisotopic (exact) mass is 350 g/mol. The van der Waals surface area contributed by atoms with Crippen LogP contribution in [-0.2, 0) is 22.7 Å². The van der Waals surface area contributed by atoms with Crippen molar-refractivity contribution < 1.29 is 14.3 Å². The van der Waals surface area contributed by atoms with Gasteiger partial charge >= 0.3 is 0 Å². The van der Waals surface area contributed by atoms with E-state index in [1.807, 2.05) is 49.4 Å². The first-order valence-electron chi connectivity index (χ1n) is 8.42. The van der Waals surface area contributed by atoms with Gasteiger partial charge < -0.3 is 14.8 Å². The first-order chi connectivity index (χ1) is 12.7. The van der Waals surface area contributed by atoms with Crippen molar-refractivity contribution >= 4 is 12.0 Å². The molecule has 2 aromatic rings. The summed E-state index contributed by atoms with van der Waals surface area (Å²) in [7, 11) is 0. The summed E-state index contributed by atoms with van der Waals surface area (Å²) < 4.78 is 10.5. The van der Waals surface area contributed by atoms with Gasteiger partial charge in [0.15, 0.2) is 6.61 Å². The van der Waals surface area contributed by atoms with Crippen LogP contribution >= 0.6 is 0 Å². The summed E-state index contributed by atoms with van der Waals surface area (Å²) in [5.41, 5.74) is 3.03. The molecular weight excluding hydrogens is 328 g/mol. The number of rotatable bonds is 9. The second-order valence-corrected chi connectivity index (χ2v) is 5.52. The Morgan fingerprint density at radius 1 is 1.12 bits per heavy atom. The minimum Gasteiger partial charge on any atom is -0.479 e. The van der Waals surface area contributed by atoms with Crippen LogP contribution in [0.25, 0.3) is 6.08 Å². The lowest BCUT2D eigenvalue weighted by atomic mass is 10.1. The first-order valence-corrected chi connectivity index (χ1v) is 8.42. The number of nitrogens with zero attached hydrogens (tertiary/aromatic N) is 1. The number of nitriles is 1. The molecule has 0 radical (unpaired) electrons. The normalized spacial score (nSPS) is 10.5. The highest BCUT2D eigenvalue weighted by atomic mass is 16.5. The average molecular weight is 350 g/mol. The first kappa shape index (κ1) is 19.2. The summed E-state index contributed by atoms with van der Waals surface area (Å²) in [6.07, 6.45) is 3.23. The van der Waals surface area contributed by atoms with Gasteiger partial charge in [0.05, 0.1) is 6.61 Å². The molecule has 0 aromatic heterocycles. The van der Waals surface area contributed by atoms with Crippen molar-refractivity contribution in [2.24, 2.45) is 0 Å². The topological polar surface area (TPSA) is 71.3 Å². The molecule has 0 bridgehead atoms. The van der Waals surface area contributed by atoms with Gasteiger partial charge in [-0.25, -0.2) is 0 Å². The highest BCUT2D eigenvalue weighted by Gasteiger charge is 1.99. The minimum atomic E-state index is -0.159. The maximum Gasteiger partial charge on any atom is 0.244 e. The summed E-state index contributed by atoms with van der Waals surface area (Å²) in [6.45, 7) is 3.75. The summed E-state index contributed by atoms with van der Waals surface area (Å²) >= 11 is 0. The van der Waals surface area contributed by atoms with E-state index in [-0.39, 0.29) is 12.5 Å². The molecule has 0 spiro atoms. The average Bonchev–Trinajstić information content (AvgIpc) is 2.69. The molecular formula is C21H22N2O3. The van der Waals surface area contributed by atoms with Crippen molar-refractivity contribution in [2.45, 2.75) is 20.1 Å². The van der Waals surface area contributed by atoms with Crippen molar-refractivity contribution in [1.29, 1.82) is 5.26 Å². The quantitative estimate of drug-likeness (QED) is 0.703. The molecule has 0 heterocycles. The van der Waals surface area contributed by atoms with Crippen molar-refractivity contribution in [2.75, 3.05) is 13.2 Å². The van der Waals surface area contributed by atoms with Crippen molar-refractivity contribution in [3.05, 3.63) is 71.3 Å². The van der Waals surface area contributed by atoms with Gasteiger partial charge in [-0.1, -0.05) is 36.4 Å². The number of ether oxygens (including phenoxy) is 2. The third-order valence-corrected chi connectivity index (χ3v) is 3.57. The van der Waals surface area contributed by atoms with Crippen LogP contribution in [0.3, 0.4) is 0 Å². The summed E-state index contributed by atoms with van der Waals surface area (Å²) in [6, 6.07) is 17.1. The van der Waals surface area contributed by atoms with E-state index in [0.717, 1.165) is 16.7 Å². The zero-order valence-corrected chi connectivity index (χ0v) is 14.8. The molecule has 0 fully saturated rings. The number of nitrogens with one attached hydrogen (secondary N) is 1. The maximum atomic E-state index is 11.9. The van der Waals surface area contributed by atoms with E-state index in [2.05, 4.69) is 5.32 Å². The standard InChI is InChI=1S/C21H22N2O3/c1-2-25-16-19-5-3-18(4-6-19)15-23-21(24)12-9-17-7-10-20(11-8-17)26-14-13-22/h3-12H,2,14-16H2,1H3,(H,23,24)/b12-9+. The molecule has 0 unspecified atom stereocenters. The minimum absolute atomic E-state index is 0.0181. The van der Waals surface area contributed by atoms with Crippen LogP contribution in [0.1, 0.15) is 23.6 Å². The Morgan fingerprint density at radius 2 is 1.81 bits per heavy atom. The maximum absolute atomic E-state index is 11.9. The highest BCUT2D eigenvalue weighted by molar-refractivity contribution is 5.91. The van der Waals surface area contributed by atoms with Crippen molar-refractivity contribution in [3.63, 3.8) is 0 Å². The van der Waals surface area contributed by atoms with Gasteiger partial charge in [0.25, 0.3) is 0 Å². The lowest BCUT2D eigenvalue weighted by Crippen LogP contribution is -2.20. The summed E-state index contributed by atoms with van der Waals surface area (Å²) in [5.74, 6) is 0.467. The number of amides is 1. The van der Waals surface area contributed by atoms with Crippen LogP contribution in [0.5, 0.6) is 5.75 Å². The smallest absolute Gasteiger partial charge is 0.244 e. The zero-order valence-electron chi connectivity index (χ0n) is 14.8. The highest BCUT2D eigenvalue weighted by Crippen LogP contribution is 2.13. The van der Waals surface area contributed by atoms with Crippen LogP contribution in [0, 0.1) is 11.3 Å². The van der Waals surface area contributed by atoms with Crippen molar-refractivity contribution in [1.82, 2.24) is 5.32 Å². The Bertz CT molecular complexity index is 759. The second kappa shape index (κ2) is 10.7. The fraction of sp³-hybridized carbons (Fsp3) is 0.238. The Labute approximate surface area is 153 Å². The van der Waals surface area contributed by atoms with Gasteiger partial charge in [0.2, 0.25) is 5.91 Å². The number of hydrogen-bond acceptors (Lipinski definition) is 4. The van der Waals surface area contributed by atoms with E-state index in [4.69, 9.17) is 14.7 Å². The molecule has 0 saturated carbocycles. The molecule has 1 amide bonds. The molecule has 5 nitrogen and oxygen atoms in total.